The lowest BCUT2D eigenvalue weighted by molar-refractivity contribution is -0.0407. The van der Waals surface area contributed by atoms with E-state index in [1.807, 2.05) is 0 Å². The van der Waals surface area contributed by atoms with Crippen LogP contribution in [0.25, 0.3) is 0 Å². The summed E-state index contributed by atoms with van der Waals surface area (Å²) in [5.41, 5.74) is 2.27. The van der Waals surface area contributed by atoms with E-state index in [-0.39, 0.29) is 17.4 Å². The maximum absolute atomic E-state index is 9.42. The molecule has 0 heterocycles. The molecule has 0 unspecified atom stereocenters. The van der Waals surface area contributed by atoms with Crippen molar-refractivity contribution >= 4 is 0 Å². The maximum atomic E-state index is 9.42. The lowest BCUT2D eigenvalue weighted by Crippen LogP contribution is -2.39. The molecule has 0 amide bonds. The summed E-state index contributed by atoms with van der Waals surface area (Å²) in [7, 11) is 0. The Morgan fingerprint density at radius 1 is 1.00 bits per heavy atom. The van der Waals surface area contributed by atoms with Gasteiger partial charge in [-0.2, -0.15) is 0 Å². The average molecular weight is 250 g/mol. The van der Waals surface area contributed by atoms with E-state index in [9.17, 15) is 5.11 Å². The second-order valence-corrected chi connectivity index (χ2v) is 6.40. The Bertz CT molecular complexity index is 363. The van der Waals surface area contributed by atoms with E-state index in [0.29, 0.717) is 13.2 Å². The number of benzene rings is 1. The van der Waals surface area contributed by atoms with Gasteiger partial charge in [0.25, 0.3) is 0 Å². The fraction of sp³-hybridized carbons (Fsp3) is 0.625. The van der Waals surface area contributed by atoms with Gasteiger partial charge in [-0.1, -0.05) is 57.5 Å². The van der Waals surface area contributed by atoms with E-state index < -0.39 is 0 Å². The van der Waals surface area contributed by atoms with Gasteiger partial charge in [0.05, 0.1) is 13.2 Å². The topological polar surface area (TPSA) is 29.5 Å². The molecule has 2 heteroatoms. The molecule has 0 fully saturated rings. The summed E-state index contributed by atoms with van der Waals surface area (Å²) < 4.78 is 5.80. The number of hydrogen-bond donors (Lipinski definition) is 1. The monoisotopic (exact) mass is 250 g/mol. The Morgan fingerprint density at radius 2 is 1.56 bits per heavy atom. The number of rotatable bonds is 6. The lowest BCUT2D eigenvalue weighted by atomic mass is 9.69. The highest BCUT2D eigenvalue weighted by Gasteiger charge is 2.36. The van der Waals surface area contributed by atoms with E-state index in [4.69, 9.17) is 4.74 Å². The normalized spacial score (nSPS) is 12.8. The molecule has 0 saturated carbocycles. The highest BCUT2D eigenvalue weighted by atomic mass is 16.5. The molecule has 0 saturated heterocycles. The van der Waals surface area contributed by atoms with E-state index in [1.54, 1.807) is 0 Å². The van der Waals surface area contributed by atoms with Gasteiger partial charge in [-0.15, -0.1) is 0 Å². The van der Waals surface area contributed by atoms with Crippen LogP contribution in [0.3, 0.4) is 0 Å². The molecule has 2 nitrogen and oxygen atoms in total. The molecule has 0 radical (unpaired) electrons. The molecule has 0 atom stereocenters. The zero-order valence-electron chi connectivity index (χ0n) is 12.3. The van der Waals surface area contributed by atoms with Crippen LogP contribution in [-0.2, 0) is 11.3 Å². The zero-order valence-corrected chi connectivity index (χ0v) is 12.3. The van der Waals surface area contributed by atoms with Gasteiger partial charge in [-0.3, -0.25) is 0 Å². The summed E-state index contributed by atoms with van der Waals surface area (Å²) in [6.45, 7) is 12.0. The Kier molecular flexibility index (Phi) is 4.94. The van der Waals surface area contributed by atoms with Crippen molar-refractivity contribution < 1.29 is 9.84 Å². The summed E-state index contributed by atoms with van der Waals surface area (Å²) in [6.07, 6.45) is 0. The van der Waals surface area contributed by atoms with Crippen LogP contribution in [0.5, 0.6) is 0 Å². The average Bonchev–Trinajstić information content (AvgIpc) is 2.31. The van der Waals surface area contributed by atoms with Crippen LogP contribution in [0.15, 0.2) is 24.3 Å². The predicted molar refractivity (Wildman–Crippen MR) is 75.5 cm³/mol. The summed E-state index contributed by atoms with van der Waals surface area (Å²) in [4.78, 5) is 0. The van der Waals surface area contributed by atoms with E-state index in [0.717, 1.165) is 0 Å². The SMILES string of the molecule is Cc1ccc(COCC(C)(C)C(C)(C)CO)cc1. The van der Waals surface area contributed by atoms with Crippen LogP contribution in [-0.4, -0.2) is 18.3 Å². The van der Waals surface area contributed by atoms with Crippen LogP contribution in [0.4, 0.5) is 0 Å². The molecule has 1 aromatic rings. The highest BCUT2D eigenvalue weighted by Crippen LogP contribution is 2.38. The van der Waals surface area contributed by atoms with Gasteiger partial charge in [0.15, 0.2) is 0 Å². The quantitative estimate of drug-likeness (QED) is 0.836. The molecular formula is C16H26O2. The predicted octanol–water partition coefficient (Wildman–Crippen LogP) is 3.56. The van der Waals surface area contributed by atoms with Crippen molar-refractivity contribution in [2.45, 2.75) is 41.2 Å². The molecule has 0 spiro atoms. The minimum atomic E-state index is -0.139. The van der Waals surface area contributed by atoms with Gasteiger partial charge in [-0.05, 0) is 23.3 Å². The number of aliphatic hydroxyl groups excluding tert-OH is 1. The van der Waals surface area contributed by atoms with Crippen molar-refractivity contribution in [3.05, 3.63) is 35.4 Å². The summed E-state index contributed by atoms with van der Waals surface area (Å²) in [6, 6.07) is 8.39. The fourth-order valence-electron chi connectivity index (χ4n) is 1.52. The van der Waals surface area contributed by atoms with Crippen LogP contribution < -0.4 is 0 Å². The summed E-state index contributed by atoms with van der Waals surface area (Å²) in [5, 5.41) is 9.42. The van der Waals surface area contributed by atoms with Crippen LogP contribution in [0.2, 0.25) is 0 Å². The molecule has 0 aromatic heterocycles. The highest BCUT2D eigenvalue weighted by molar-refractivity contribution is 5.20. The van der Waals surface area contributed by atoms with E-state index in [2.05, 4.69) is 58.9 Å². The molecule has 102 valence electrons. The standard InChI is InChI=1S/C16H26O2/c1-13-6-8-14(9-7-13)10-18-12-16(4,5)15(2,3)11-17/h6-9,17H,10-12H2,1-5H3. The second kappa shape index (κ2) is 5.85. The minimum absolute atomic E-state index is 0.0492. The first kappa shape index (κ1) is 15.2. The van der Waals surface area contributed by atoms with Crippen molar-refractivity contribution in [3.63, 3.8) is 0 Å². The van der Waals surface area contributed by atoms with Crippen LogP contribution in [0.1, 0.15) is 38.8 Å². The molecule has 1 aromatic carbocycles. The number of hydrogen-bond acceptors (Lipinski definition) is 2. The summed E-state index contributed by atoms with van der Waals surface area (Å²) in [5.74, 6) is 0. The molecule has 18 heavy (non-hydrogen) atoms. The Morgan fingerprint density at radius 3 is 2.06 bits per heavy atom. The largest absolute Gasteiger partial charge is 0.396 e. The van der Waals surface area contributed by atoms with Gasteiger partial charge in [0, 0.05) is 6.61 Å². The molecule has 0 aliphatic heterocycles. The van der Waals surface area contributed by atoms with Gasteiger partial charge in [-0.25, -0.2) is 0 Å². The first-order valence-corrected chi connectivity index (χ1v) is 6.53. The molecule has 0 bridgehead atoms. The Hall–Kier alpha value is -0.860. The number of aryl methyl sites for hydroxylation is 1. The zero-order chi connectivity index (χ0) is 13.8. The second-order valence-electron chi connectivity index (χ2n) is 6.40. The Labute approximate surface area is 111 Å². The minimum Gasteiger partial charge on any atom is -0.396 e. The maximum Gasteiger partial charge on any atom is 0.0717 e. The third-order valence-corrected chi connectivity index (χ3v) is 4.08. The first-order valence-electron chi connectivity index (χ1n) is 6.53. The van der Waals surface area contributed by atoms with Crippen molar-refractivity contribution in [3.8, 4) is 0 Å². The van der Waals surface area contributed by atoms with Crippen molar-refractivity contribution in [1.82, 2.24) is 0 Å². The van der Waals surface area contributed by atoms with Crippen molar-refractivity contribution in [1.29, 1.82) is 0 Å². The van der Waals surface area contributed by atoms with Gasteiger partial charge in [0.1, 0.15) is 0 Å². The summed E-state index contributed by atoms with van der Waals surface area (Å²) >= 11 is 0. The van der Waals surface area contributed by atoms with E-state index >= 15 is 0 Å². The third kappa shape index (κ3) is 3.82. The molecule has 0 aliphatic carbocycles. The lowest BCUT2D eigenvalue weighted by Gasteiger charge is -2.40. The third-order valence-electron chi connectivity index (χ3n) is 4.08. The van der Waals surface area contributed by atoms with Crippen molar-refractivity contribution in [2.75, 3.05) is 13.2 Å². The van der Waals surface area contributed by atoms with Gasteiger partial charge < -0.3 is 9.84 Å². The molecule has 1 N–H and O–H groups in total. The fourth-order valence-corrected chi connectivity index (χ4v) is 1.52. The molecule has 0 aliphatic rings. The number of aliphatic hydroxyl groups is 1. The van der Waals surface area contributed by atoms with Crippen LogP contribution >= 0.6 is 0 Å². The van der Waals surface area contributed by atoms with Gasteiger partial charge >= 0.3 is 0 Å². The molecular weight excluding hydrogens is 224 g/mol. The van der Waals surface area contributed by atoms with E-state index in [1.165, 1.54) is 11.1 Å². The van der Waals surface area contributed by atoms with Crippen LogP contribution in [0, 0.1) is 17.8 Å². The molecule has 1 rings (SSSR count). The first-order chi connectivity index (χ1) is 8.28. The van der Waals surface area contributed by atoms with Crippen molar-refractivity contribution in [2.24, 2.45) is 10.8 Å². The Balaban J connectivity index is 2.49. The van der Waals surface area contributed by atoms with Gasteiger partial charge in [0.2, 0.25) is 0 Å². The smallest absolute Gasteiger partial charge is 0.0717 e. The number of ether oxygens (including phenoxy) is 1.